The molecule has 0 saturated heterocycles. The van der Waals surface area contributed by atoms with E-state index in [0.29, 0.717) is 5.82 Å². The Bertz CT molecular complexity index is 1190. The topological polar surface area (TPSA) is 123 Å². The number of nitrogens with one attached hydrogen (secondary N) is 2. The van der Waals surface area contributed by atoms with Crippen molar-refractivity contribution in [2.75, 3.05) is 12.4 Å². The van der Waals surface area contributed by atoms with E-state index in [9.17, 15) is 14.5 Å². The fourth-order valence-electron chi connectivity index (χ4n) is 2.68. The molecule has 140 valence electrons. The van der Waals surface area contributed by atoms with Gasteiger partial charge in [0.2, 0.25) is 11.3 Å². The predicted octanol–water partition coefficient (Wildman–Crippen LogP) is 2.43. The molecule has 2 aromatic heterocycles. The van der Waals surface area contributed by atoms with Crippen molar-refractivity contribution in [2.24, 2.45) is 0 Å². The van der Waals surface area contributed by atoms with E-state index in [-0.39, 0.29) is 17.4 Å². The quantitative estimate of drug-likeness (QED) is 0.309. The summed E-state index contributed by atoms with van der Waals surface area (Å²) in [7, 11) is 1.33. The van der Waals surface area contributed by atoms with Crippen molar-refractivity contribution < 1.29 is 18.7 Å². The number of hydrogen-bond acceptors (Lipinski definition) is 7. The lowest BCUT2D eigenvalue weighted by molar-refractivity contribution is -0.638. The van der Waals surface area contributed by atoms with Crippen molar-refractivity contribution in [2.45, 2.75) is 0 Å². The number of benzene rings is 2. The summed E-state index contributed by atoms with van der Waals surface area (Å²) in [6.07, 6.45) is 1.51. The molecule has 28 heavy (non-hydrogen) atoms. The molecule has 0 aliphatic heterocycles. The summed E-state index contributed by atoms with van der Waals surface area (Å²) in [6.45, 7) is 0. The number of para-hydroxylation sites is 2. The monoisotopic (exact) mass is 382 g/mol. The summed E-state index contributed by atoms with van der Waals surface area (Å²) in [6, 6.07) is 11.1. The standard InChI is InChI=1S/C17H12FN7O3/c1-28-15-8-10(18)14(25(26)27)9-12(15)20-17-19-7-6-16(21-17)24-13-5-3-2-4-11(13)22-23-24/h2-9H,1H3,(H,19,20,21)/p+1. The molecule has 10 nitrogen and oxygen atoms in total. The number of aromatic nitrogens is 5. The largest absolute Gasteiger partial charge is 0.494 e. The van der Waals surface area contributed by atoms with E-state index < -0.39 is 16.4 Å². The fourth-order valence-corrected chi connectivity index (χ4v) is 2.68. The first-order chi connectivity index (χ1) is 13.6. The second-order valence-corrected chi connectivity index (χ2v) is 5.66. The number of H-pyrrole nitrogens is 1. The van der Waals surface area contributed by atoms with Crippen LogP contribution in [0.3, 0.4) is 0 Å². The van der Waals surface area contributed by atoms with Crippen LogP contribution in [0.5, 0.6) is 5.75 Å². The number of halogens is 1. The average molecular weight is 382 g/mol. The van der Waals surface area contributed by atoms with E-state index in [4.69, 9.17) is 4.74 Å². The van der Waals surface area contributed by atoms with Crippen molar-refractivity contribution in [3.05, 3.63) is 64.6 Å². The van der Waals surface area contributed by atoms with Crippen LogP contribution < -0.4 is 14.7 Å². The molecule has 0 spiro atoms. The van der Waals surface area contributed by atoms with Crippen LogP contribution in [0.2, 0.25) is 0 Å². The Hall–Kier alpha value is -4.15. The van der Waals surface area contributed by atoms with Gasteiger partial charge in [-0.3, -0.25) is 10.1 Å². The molecular weight excluding hydrogens is 369 g/mol. The van der Waals surface area contributed by atoms with Crippen molar-refractivity contribution in [1.29, 1.82) is 0 Å². The van der Waals surface area contributed by atoms with Crippen molar-refractivity contribution in [3.8, 4) is 11.6 Å². The number of nitrogens with zero attached hydrogens (tertiary/aromatic N) is 5. The highest BCUT2D eigenvalue weighted by atomic mass is 19.1. The van der Waals surface area contributed by atoms with Gasteiger partial charge in [-0.25, -0.2) is 4.98 Å². The van der Waals surface area contributed by atoms with Gasteiger partial charge in [-0.15, -0.1) is 9.90 Å². The van der Waals surface area contributed by atoms with Gasteiger partial charge in [-0.1, -0.05) is 17.1 Å². The Kier molecular flexibility index (Phi) is 4.24. The molecule has 0 amide bonds. The van der Waals surface area contributed by atoms with Gasteiger partial charge in [0.05, 0.1) is 17.7 Å². The maximum absolute atomic E-state index is 13.8. The van der Waals surface area contributed by atoms with E-state index in [1.165, 1.54) is 13.3 Å². The number of anilines is 2. The van der Waals surface area contributed by atoms with E-state index >= 15 is 0 Å². The summed E-state index contributed by atoms with van der Waals surface area (Å²) >= 11 is 0. The number of methoxy groups -OCH3 is 1. The lowest BCUT2D eigenvalue weighted by atomic mass is 10.2. The molecular formula is C17H13FN7O3+. The zero-order valence-electron chi connectivity index (χ0n) is 14.5. The highest BCUT2D eigenvalue weighted by Gasteiger charge is 2.21. The van der Waals surface area contributed by atoms with Gasteiger partial charge in [0.25, 0.3) is 5.82 Å². The van der Waals surface area contributed by atoms with Crippen LogP contribution in [0, 0.1) is 15.9 Å². The Balaban J connectivity index is 1.73. The van der Waals surface area contributed by atoms with Crippen molar-refractivity contribution in [3.63, 3.8) is 0 Å². The molecule has 0 unspecified atom stereocenters. The Morgan fingerprint density at radius 2 is 2.11 bits per heavy atom. The third kappa shape index (κ3) is 3.05. The summed E-state index contributed by atoms with van der Waals surface area (Å²) < 4.78 is 20.6. The van der Waals surface area contributed by atoms with Gasteiger partial charge in [0, 0.05) is 24.4 Å². The Morgan fingerprint density at radius 1 is 1.29 bits per heavy atom. The maximum atomic E-state index is 13.8. The third-order valence-corrected chi connectivity index (χ3v) is 3.98. The van der Waals surface area contributed by atoms with Crippen LogP contribution in [0.4, 0.5) is 21.7 Å². The van der Waals surface area contributed by atoms with Crippen LogP contribution in [0.1, 0.15) is 0 Å². The molecule has 2 aromatic carbocycles. The average Bonchev–Trinajstić information content (AvgIpc) is 3.13. The first-order valence-electron chi connectivity index (χ1n) is 8.04. The van der Waals surface area contributed by atoms with E-state index in [2.05, 4.69) is 25.6 Å². The third-order valence-electron chi connectivity index (χ3n) is 3.98. The lowest BCUT2D eigenvalue weighted by Gasteiger charge is -2.09. The smallest absolute Gasteiger partial charge is 0.307 e. The first-order valence-corrected chi connectivity index (χ1v) is 8.04. The van der Waals surface area contributed by atoms with E-state index in [1.807, 2.05) is 24.3 Å². The molecule has 2 N–H and O–H groups in total. The minimum Gasteiger partial charge on any atom is -0.494 e. The number of fused-ring (bicyclic) bond motifs is 1. The zero-order valence-corrected chi connectivity index (χ0v) is 14.5. The van der Waals surface area contributed by atoms with Gasteiger partial charge < -0.3 is 10.1 Å². The molecule has 0 fully saturated rings. The number of aromatic amines is 1. The molecule has 0 saturated carbocycles. The molecule has 0 aliphatic rings. The zero-order chi connectivity index (χ0) is 19.7. The van der Waals surface area contributed by atoms with Crippen molar-refractivity contribution >= 4 is 28.4 Å². The number of hydrogen-bond donors (Lipinski definition) is 2. The second kappa shape index (κ2) is 6.87. The number of ether oxygens (including phenoxy) is 1. The highest BCUT2D eigenvalue weighted by molar-refractivity contribution is 5.70. The first kappa shape index (κ1) is 17.3. The van der Waals surface area contributed by atoms with E-state index in [1.54, 1.807) is 10.7 Å². The number of nitro benzene ring substituents is 1. The van der Waals surface area contributed by atoms with Gasteiger partial charge in [-0.2, -0.15) is 4.39 Å². The number of nitro groups is 1. The minimum absolute atomic E-state index is 0.0803. The number of rotatable bonds is 5. The van der Waals surface area contributed by atoms with Gasteiger partial charge >= 0.3 is 11.6 Å². The van der Waals surface area contributed by atoms with Gasteiger partial charge in [-0.05, 0) is 17.2 Å². The molecule has 4 aromatic rings. The van der Waals surface area contributed by atoms with Crippen LogP contribution >= 0.6 is 0 Å². The summed E-state index contributed by atoms with van der Waals surface area (Å²) in [4.78, 5) is 18.7. The minimum atomic E-state index is -0.999. The van der Waals surface area contributed by atoms with Crippen LogP contribution in [-0.4, -0.2) is 32.3 Å². The second-order valence-electron chi connectivity index (χ2n) is 5.66. The molecule has 4 rings (SSSR count). The molecule has 0 aliphatic carbocycles. The molecule has 2 heterocycles. The molecule has 0 radical (unpaired) electrons. The maximum Gasteiger partial charge on any atom is 0.307 e. The SMILES string of the molecule is COc1cc(F)c([N+](=O)[O-])cc1Nc1nccc(-[n+]2[nH]nc3ccccc32)n1. The normalized spacial score (nSPS) is 10.8. The summed E-state index contributed by atoms with van der Waals surface area (Å²) in [5.41, 5.74) is 1.04. The van der Waals surface area contributed by atoms with Crippen LogP contribution in [0.15, 0.2) is 48.7 Å². The Labute approximate surface area is 156 Å². The van der Waals surface area contributed by atoms with Crippen molar-refractivity contribution in [1.82, 2.24) is 20.3 Å². The molecule has 11 heteroatoms. The van der Waals surface area contributed by atoms with Crippen LogP contribution in [-0.2, 0) is 0 Å². The van der Waals surface area contributed by atoms with Crippen LogP contribution in [0.25, 0.3) is 16.9 Å². The van der Waals surface area contributed by atoms with E-state index in [0.717, 1.165) is 23.2 Å². The predicted molar refractivity (Wildman–Crippen MR) is 96.1 cm³/mol. The summed E-state index contributed by atoms with van der Waals surface area (Å²) in [5.74, 6) is -0.289. The molecule has 0 atom stereocenters. The van der Waals surface area contributed by atoms with Gasteiger partial charge in [0.1, 0.15) is 5.75 Å². The lowest BCUT2D eigenvalue weighted by Crippen LogP contribution is -2.34. The Morgan fingerprint density at radius 3 is 2.89 bits per heavy atom. The summed E-state index contributed by atoms with van der Waals surface area (Å²) in [5, 5.41) is 20.9. The molecule has 0 bridgehead atoms. The fraction of sp³-hybridized carbons (Fsp3) is 0.0588. The highest BCUT2D eigenvalue weighted by Crippen LogP contribution is 2.33. The van der Waals surface area contributed by atoms with Gasteiger partial charge in [0.15, 0.2) is 5.52 Å².